The van der Waals surface area contributed by atoms with Crippen LogP contribution in [0.1, 0.15) is 64.2 Å². The first-order valence-electron chi connectivity index (χ1n) is 15.3. The molecular weight excluding hydrogens is 588 g/mol. The van der Waals surface area contributed by atoms with E-state index in [0.29, 0.717) is 42.5 Å². The highest BCUT2D eigenvalue weighted by Crippen LogP contribution is 2.49. The van der Waals surface area contributed by atoms with Crippen molar-refractivity contribution in [3.63, 3.8) is 0 Å². The number of fused-ring (bicyclic) bond motifs is 2. The molecule has 2 saturated carbocycles. The zero-order chi connectivity index (χ0) is 30.9. The van der Waals surface area contributed by atoms with Gasteiger partial charge in [0.1, 0.15) is 12.0 Å². The summed E-state index contributed by atoms with van der Waals surface area (Å²) in [6.45, 7) is 9.83. The number of benzene rings is 1. The number of allylic oxidation sites excluding steroid dienone is 4. The fourth-order valence-corrected chi connectivity index (χ4v) is 8.43. The minimum Gasteiger partial charge on any atom is -0.490 e. The van der Waals surface area contributed by atoms with Crippen LogP contribution in [0.15, 0.2) is 65.3 Å². The van der Waals surface area contributed by atoms with Gasteiger partial charge in [0.05, 0.1) is 29.8 Å². The van der Waals surface area contributed by atoms with E-state index in [4.69, 9.17) is 21.1 Å². The molecule has 0 aromatic heterocycles. The number of aliphatic hydroxyl groups excluding tert-OH is 2. The van der Waals surface area contributed by atoms with Crippen LogP contribution in [-0.4, -0.2) is 62.9 Å². The number of hydrogen-bond acceptors (Lipinski definition) is 7. The fraction of sp³-hybridized carbons (Fsp3) is 0.576. The highest BCUT2D eigenvalue weighted by Gasteiger charge is 2.45. The Morgan fingerprint density at radius 2 is 2.09 bits per heavy atom. The second kappa shape index (κ2) is 13.1. The average Bonchev–Trinajstić information content (AvgIpc) is 3.11. The maximum atomic E-state index is 13.3. The number of methoxy groups -OCH3 is 1. The Balaban J connectivity index is 1.55. The Bertz CT molecular complexity index is 1410. The average molecular weight is 633 g/mol. The van der Waals surface area contributed by atoms with Gasteiger partial charge < -0.3 is 24.6 Å². The molecule has 3 N–H and O–H groups in total. The molecule has 2 fully saturated rings. The summed E-state index contributed by atoms with van der Waals surface area (Å²) in [4.78, 5) is 2.31. The normalized spacial score (nSPS) is 36.8. The Morgan fingerprint density at radius 3 is 2.79 bits per heavy atom. The van der Waals surface area contributed by atoms with Crippen LogP contribution >= 0.6 is 11.6 Å². The van der Waals surface area contributed by atoms with Gasteiger partial charge in [-0.1, -0.05) is 42.5 Å². The first-order chi connectivity index (χ1) is 20.5. The van der Waals surface area contributed by atoms with Crippen LogP contribution in [0.5, 0.6) is 5.75 Å². The summed E-state index contributed by atoms with van der Waals surface area (Å²) < 4.78 is 41.0. The van der Waals surface area contributed by atoms with Crippen LogP contribution in [0.2, 0.25) is 0 Å². The number of sulfonamides is 1. The van der Waals surface area contributed by atoms with Crippen LogP contribution < -0.4 is 14.4 Å². The van der Waals surface area contributed by atoms with Gasteiger partial charge in [0.25, 0.3) is 0 Å². The van der Waals surface area contributed by atoms with E-state index in [2.05, 4.69) is 16.2 Å². The van der Waals surface area contributed by atoms with Gasteiger partial charge in [-0.15, -0.1) is 0 Å². The molecule has 10 heteroatoms. The van der Waals surface area contributed by atoms with Gasteiger partial charge in [0, 0.05) is 30.6 Å². The van der Waals surface area contributed by atoms with Crippen molar-refractivity contribution in [3.8, 4) is 5.75 Å². The predicted molar refractivity (Wildman–Crippen MR) is 171 cm³/mol. The molecule has 2 aliphatic heterocycles. The molecule has 2 aliphatic carbocycles. The van der Waals surface area contributed by atoms with E-state index >= 15 is 0 Å². The first-order valence-corrected chi connectivity index (χ1v) is 17.2. The Morgan fingerprint density at radius 1 is 1.30 bits per heavy atom. The molecule has 236 valence electrons. The number of anilines is 1. The molecule has 8 nitrogen and oxygen atoms in total. The molecule has 1 aromatic rings. The van der Waals surface area contributed by atoms with Crippen LogP contribution in [0.25, 0.3) is 0 Å². The Hall–Kier alpha value is -2.14. The monoisotopic (exact) mass is 632 g/mol. The topological polar surface area (TPSA) is 108 Å². The summed E-state index contributed by atoms with van der Waals surface area (Å²) in [6.07, 6.45) is 9.79. The lowest BCUT2D eigenvalue weighted by molar-refractivity contribution is 0.0448. The standard InChI is InChI=1S/C33H45ClN2O6S/c1-5-26(34)16-23-8-7-15-33(21(23)2)19-36-18-25-11-13-27(25)29(37)9-6-10-30(41-4)22(3)43(39,40)35-32(38)24-12-14-31(42-20-33)28(36)17-24/h5-6,9,12,14,16-17,22,25,27,29-30,32,35,37-38H,2,7-8,10-11,13,15,18-20H2,1,3-4H3/b9-6+,23-16-,26-5+/t22-,25-,27+,29-,30-,32?,33-/m0/s1. The lowest BCUT2D eigenvalue weighted by Crippen LogP contribution is -2.48. The van der Waals surface area contributed by atoms with Gasteiger partial charge in [-0.25, -0.2) is 8.42 Å². The zero-order valence-electron chi connectivity index (χ0n) is 25.3. The molecule has 4 aliphatic rings. The van der Waals surface area contributed by atoms with Crippen molar-refractivity contribution in [2.45, 2.75) is 76.1 Å². The van der Waals surface area contributed by atoms with Crippen molar-refractivity contribution in [1.29, 1.82) is 0 Å². The molecule has 0 radical (unpaired) electrons. The third-order valence-electron chi connectivity index (χ3n) is 10.0. The smallest absolute Gasteiger partial charge is 0.219 e. The molecule has 0 amide bonds. The summed E-state index contributed by atoms with van der Waals surface area (Å²) in [7, 11) is -2.49. The molecule has 2 bridgehead atoms. The number of rotatable bonds is 2. The van der Waals surface area contributed by atoms with Crippen LogP contribution in [0.4, 0.5) is 5.69 Å². The van der Waals surface area contributed by atoms with E-state index in [1.807, 2.05) is 37.3 Å². The summed E-state index contributed by atoms with van der Waals surface area (Å²) >= 11 is 6.42. The number of hydrogen-bond donors (Lipinski definition) is 3. The maximum absolute atomic E-state index is 13.3. The SMILES string of the molecule is C=C1/C(=C\C(Cl)=C/C)CCC[C@]12COc1ccc3cc1N(C[C@@H]1CC[C@H]1[C@@H](O)/C=C/C[C@H](OC)[C@H](C)S(=O)(=O)NC3O)C2. The van der Waals surface area contributed by atoms with Gasteiger partial charge in [-0.05, 0) is 99.1 Å². The molecule has 5 rings (SSSR count). The van der Waals surface area contributed by atoms with Gasteiger partial charge in [-0.3, -0.25) is 0 Å². The van der Waals surface area contributed by atoms with E-state index in [1.165, 1.54) is 7.11 Å². The van der Waals surface area contributed by atoms with Crippen molar-refractivity contribution >= 4 is 27.3 Å². The highest BCUT2D eigenvalue weighted by molar-refractivity contribution is 7.90. The second-order valence-electron chi connectivity index (χ2n) is 12.6. The zero-order valence-corrected chi connectivity index (χ0v) is 26.9. The van der Waals surface area contributed by atoms with Crippen molar-refractivity contribution in [3.05, 3.63) is 70.8 Å². The lowest BCUT2D eigenvalue weighted by atomic mass is 9.67. The summed E-state index contributed by atoms with van der Waals surface area (Å²) in [5.41, 5.74) is 3.04. The van der Waals surface area contributed by atoms with Gasteiger partial charge in [0.2, 0.25) is 10.0 Å². The minimum absolute atomic E-state index is 0.0869. The van der Waals surface area contributed by atoms with E-state index < -0.39 is 33.7 Å². The molecule has 1 aromatic carbocycles. The quantitative estimate of drug-likeness (QED) is 0.378. The molecule has 2 heterocycles. The fourth-order valence-electron chi connectivity index (χ4n) is 7.01. The summed E-state index contributed by atoms with van der Waals surface area (Å²) in [5, 5.41) is 22.0. The Labute approximate surface area is 261 Å². The summed E-state index contributed by atoms with van der Waals surface area (Å²) in [6, 6.07) is 5.35. The number of halogens is 1. The van der Waals surface area contributed by atoms with E-state index in [1.54, 1.807) is 19.1 Å². The molecule has 1 unspecified atom stereocenters. The van der Waals surface area contributed by atoms with E-state index in [0.717, 1.165) is 48.9 Å². The van der Waals surface area contributed by atoms with Crippen molar-refractivity contribution in [2.24, 2.45) is 17.3 Å². The van der Waals surface area contributed by atoms with Crippen molar-refractivity contribution in [1.82, 2.24) is 4.72 Å². The van der Waals surface area contributed by atoms with Crippen molar-refractivity contribution in [2.75, 3.05) is 31.7 Å². The third-order valence-corrected chi connectivity index (χ3v) is 12.2. The van der Waals surface area contributed by atoms with Gasteiger partial charge in [0.15, 0.2) is 0 Å². The maximum Gasteiger partial charge on any atom is 0.219 e. The van der Waals surface area contributed by atoms with Crippen molar-refractivity contribution < 1.29 is 28.1 Å². The van der Waals surface area contributed by atoms with Gasteiger partial charge in [-0.2, -0.15) is 4.72 Å². The number of ether oxygens (including phenoxy) is 2. The molecule has 7 atom stereocenters. The molecule has 0 saturated heterocycles. The van der Waals surface area contributed by atoms with Crippen LogP contribution in [0.3, 0.4) is 0 Å². The third kappa shape index (κ3) is 6.63. The largest absolute Gasteiger partial charge is 0.490 e. The predicted octanol–water partition coefficient (Wildman–Crippen LogP) is 5.34. The molecular formula is C33H45ClN2O6S. The minimum atomic E-state index is -3.96. The Kier molecular flexibility index (Phi) is 9.81. The van der Waals surface area contributed by atoms with Gasteiger partial charge >= 0.3 is 0 Å². The number of aliphatic hydroxyl groups is 2. The van der Waals surface area contributed by atoms with Crippen LogP contribution in [0, 0.1) is 17.3 Å². The number of nitrogens with one attached hydrogen (secondary N) is 1. The lowest BCUT2D eigenvalue weighted by Gasteiger charge is -2.46. The van der Waals surface area contributed by atoms with E-state index in [-0.39, 0.29) is 17.3 Å². The highest BCUT2D eigenvalue weighted by atomic mass is 35.5. The molecule has 1 spiro atoms. The second-order valence-corrected chi connectivity index (χ2v) is 15.1. The van der Waals surface area contributed by atoms with Crippen LogP contribution in [-0.2, 0) is 14.8 Å². The number of nitrogens with zero attached hydrogens (tertiary/aromatic N) is 1. The summed E-state index contributed by atoms with van der Waals surface area (Å²) in [5.74, 6) is 1.02. The first kappa shape index (κ1) is 32.3. The molecule has 43 heavy (non-hydrogen) atoms. The van der Waals surface area contributed by atoms with E-state index in [9.17, 15) is 18.6 Å².